The van der Waals surface area contributed by atoms with Gasteiger partial charge in [-0.05, 0) is 0 Å². The largest absolute Gasteiger partial charge is 0.265 e. The zero-order valence-electron chi connectivity index (χ0n) is 5.94. The molecule has 0 radical (unpaired) electrons. The lowest BCUT2D eigenvalue weighted by molar-refractivity contribution is 0.605. The van der Waals surface area contributed by atoms with E-state index in [1.54, 1.807) is 0 Å². The maximum absolute atomic E-state index is 10.9. The fourth-order valence-corrected chi connectivity index (χ4v) is 1.18. The molecule has 1 rings (SSSR count). The summed E-state index contributed by atoms with van der Waals surface area (Å²) in [6, 6.07) is 0. The highest BCUT2D eigenvalue weighted by Crippen LogP contribution is 2.02. The zero-order chi connectivity index (χ0) is 9.03. The Balaban J connectivity index is 2.78. The van der Waals surface area contributed by atoms with Crippen molar-refractivity contribution >= 4 is 27.4 Å². The van der Waals surface area contributed by atoms with Crippen molar-refractivity contribution < 1.29 is 8.42 Å². The molecule has 66 valence electrons. The third-order valence-corrected chi connectivity index (χ3v) is 2.64. The van der Waals surface area contributed by atoms with Gasteiger partial charge in [0.05, 0.1) is 6.20 Å². The lowest BCUT2D eigenvalue weighted by atomic mass is 10.7. The monoisotopic (exact) mass is 207 g/mol. The Kier molecular flexibility index (Phi) is 2.83. The molecule has 7 heteroatoms. The van der Waals surface area contributed by atoms with E-state index < -0.39 is 15.2 Å². The van der Waals surface area contributed by atoms with Crippen LogP contribution in [0.2, 0.25) is 0 Å². The maximum atomic E-state index is 10.9. The maximum Gasteiger partial charge on any atom is 0.247 e. The highest BCUT2D eigenvalue weighted by Gasteiger charge is 2.07. The minimum Gasteiger partial charge on any atom is -0.265 e. The van der Waals surface area contributed by atoms with E-state index in [2.05, 4.69) is 14.7 Å². The Morgan fingerprint density at radius 2 is 2.25 bits per heavy atom. The third kappa shape index (κ3) is 2.63. The van der Waals surface area contributed by atoms with Gasteiger partial charge >= 0.3 is 0 Å². The number of alkyl halides is 1. The van der Waals surface area contributed by atoms with Gasteiger partial charge in [0.1, 0.15) is 5.21 Å². The van der Waals surface area contributed by atoms with Gasteiger partial charge in [0.25, 0.3) is 0 Å². The molecule has 0 unspecified atom stereocenters. The van der Waals surface area contributed by atoms with E-state index in [0.29, 0.717) is 0 Å². The summed E-state index contributed by atoms with van der Waals surface area (Å²) in [6.07, 6.45) is 4.12. The Morgan fingerprint density at radius 3 is 2.75 bits per heavy atom. The Labute approximate surface area is 74.8 Å². The molecule has 0 fully saturated rings. The van der Waals surface area contributed by atoms with Crippen molar-refractivity contribution in [1.82, 2.24) is 9.97 Å². The van der Waals surface area contributed by atoms with Crippen LogP contribution in [0.3, 0.4) is 0 Å². The molecule has 1 heterocycles. The number of halogens is 1. The summed E-state index contributed by atoms with van der Waals surface area (Å²) in [5, 5.41) is -0.496. The van der Waals surface area contributed by atoms with Crippen LogP contribution in [0.15, 0.2) is 18.6 Å². The molecule has 1 aromatic rings. The molecule has 0 aromatic carbocycles. The Bertz CT molecular complexity index is 339. The van der Waals surface area contributed by atoms with Crippen molar-refractivity contribution in [2.45, 2.75) is 0 Å². The van der Waals surface area contributed by atoms with Crippen molar-refractivity contribution in [2.75, 3.05) is 9.93 Å². The van der Waals surface area contributed by atoms with E-state index >= 15 is 0 Å². The van der Waals surface area contributed by atoms with Gasteiger partial charge < -0.3 is 0 Å². The van der Waals surface area contributed by atoms with Gasteiger partial charge in [0.2, 0.25) is 10.0 Å². The Hall–Kier alpha value is -0.880. The highest BCUT2D eigenvalue weighted by molar-refractivity contribution is 7.93. The van der Waals surface area contributed by atoms with Gasteiger partial charge in [-0.3, -0.25) is 9.71 Å². The molecule has 0 atom stereocenters. The van der Waals surface area contributed by atoms with Crippen LogP contribution in [0.25, 0.3) is 0 Å². The van der Waals surface area contributed by atoms with E-state index in [1.165, 1.54) is 18.6 Å². The first-order chi connectivity index (χ1) is 5.64. The van der Waals surface area contributed by atoms with Crippen LogP contribution in [0.1, 0.15) is 0 Å². The highest BCUT2D eigenvalue weighted by atomic mass is 35.5. The van der Waals surface area contributed by atoms with E-state index in [9.17, 15) is 8.42 Å². The molecular weight excluding hydrogens is 202 g/mol. The normalized spacial score (nSPS) is 11.1. The van der Waals surface area contributed by atoms with Crippen LogP contribution in [0.5, 0.6) is 0 Å². The number of aromatic nitrogens is 2. The molecule has 1 aromatic heterocycles. The predicted octanol–water partition coefficient (Wildman–Crippen LogP) is 0.415. The van der Waals surface area contributed by atoms with E-state index in [4.69, 9.17) is 11.6 Å². The standard InChI is InChI=1S/C5H6ClN3O2S/c6-4-12(10,11)9-5-3-7-1-2-8-5/h1-3H,4H2,(H,8,9). The van der Waals surface area contributed by atoms with Crippen LogP contribution < -0.4 is 4.72 Å². The number of nitrogens with one attached hydrogen (secondary N) is 1. The van der Waals surface area contributed by atoms with Crippen molar-refractivity contribution in [3.05, 3.63) is 18.6 Å². The number of rotatable bonds is 3. The lowest BCUT2D eigenvalue weighted by Gasteiger charge is -2.01. The van der Waals surface area contributed by atoms with E-state index in [1.807, 2.05) is 0 Å². The molecule has 0 aliphatic carbocycles. The number of sulfonamides is 1. The van der Waals surface area contributed by atoms with Crippen molar-refractivity contribution in [3.63, 3.8) is 0 Å². The van der Waals surface area contributed by atoms with Crippen molar-refractivity contribution in [1.29, 1.82) is 0 Å². The van der Waals surface area contributed by atoms with Crippen LogP contribution >= 0.6 is 11.6 Å². The average molecular weight is 208 g/mol. The lowest BCUT2D eigenvalue weighted by Crippen LogP contribution is -2.14. The topological polar surface area (TPSA) is 72.0 Å². The van der Waals surface area contributed by atoms with E-state index in [-0.39, 0.29) is 5.82 Å². The van der Waals surface area contributed by atoms with E-state index in [0.717, 1.165) is 0 Å². The first kappa shape index (κ1) is 9.21. The molecular formula is C5H6ClN3O2S. The average Bonchev–Trinajstić information content (AvgIpc) is 2.06. The van der Waals surface area contributed by atoms with Crippen LogP contribution in [-0.2, 0) is 10.0 Å². The summed E-state index contributed by atoms with van der Waals surface area (Å²) in [4.78, 5) is 7.37. The SMILES string of the molecule is O=S(=O)(CCl)Nc1cnccn1. The quantitative estimate of drug-likeness (QED) is 0.729. The summed E-state index contributed by atoms with van der Waals surface area (Å²) >= 11 is 5.14. The summed E-state index contributed by atoms with van der Waals surface area (Å²) in [6.45, 7) is 0. The summed E-state index contributed by atoms with van der Waals surface area (Å²) in [5.41, 5.74) is 0. The second-order valence-corrected chi connectivity index (χ2v) is 4.22. The summed E-state index contributed by atoms with van der Waals surface area (Å²) < 4.78 is 23.9. The predicted molar refractivity (Wildman–Crippen MR) is 45.3 cm³/mol. The summed E-state index contributed by atoms with van der Waals surface area (Å²) in [5.74, 6) is 0.165. The molecule has 12 heavy (non-hydrogen) atoms. The first-order valence-corrected chi connectivity index (χ1v) is 5.15. The Morgan fingerprint density at radius 1 is 1.50 bits per heavy atom. The molecule has 1 N–H and O–H groups in total. The molecule has 5 nitrogen and oxygen atoms in total. The third-order valence-electron chi connectivity index (χ3n) is 0.967. The number of hydrogen-bond acceptors (Lipinski definition) is 4. The number of anilines is 1. The van der Waals surface area contributed by atoms with Gasteiger partial charge in [0.15, 0.2) is 5.82 Å². The van der Waals surface area contributed by atoms with Gasteiger partial charge in [-0.2, -0.15) is 0 Å². The van der Waals surface area contributed by atoms with Gasteiger partial charge in [-0.25, -0.2) is 13.4 Å². The summed E-state index contributed by atoms with van der Waals surface area (Å²) in [7, 11) is -3.46. The van der Waals surface area contributed by atoms with Crippen LogP contribution in [-0.4, -0.2) is 23.6 Å². The van der Waals surface area contributed by atoms with Gasteiger partial charge in [0, 0.05) is 12.4 Å². The van der Waals surface area contributed by atoms with Crippen molar-refractivity contribution in [3.8, 4) is 0 Å². The fourth-order valence-electron chi connectivity index (χ4n) is 0.538. The smallest absolute Gasteiger partial charge is 0.247 e. The molecule has 0 saturated carbocycles. The molecule has 0 amide bonds. The molecule has 0 aliphatic heterocycles. The second kappa shape index (κ2) is 3.68. The van der Waals surface area contributed by atoms with Crippen molar-refractivity contribution in [2.24, 2.45) is 0 Å². The number of hydrogen-bond donors (Lipinski definition) is 1. The zero-order valence-corrected chi connectivity index (χ0v) is 7.51. The van der Waals surface area contributed by atoms with Gasteiger partial charge in [-0.1, -0.05) is 0 Å². The molecule has 0 bridgehead atoms. The minimum atomic E-state index is -3.46. The van der Waals surface area contributed by atoms with Crippen LogP contribution in [0, 0.1) is 0 Å². The molecule has 0 aliphatic rings. The molecule has 0 spiro atoms. The molecule has 0 saturated heterocycles. The fraction of sp³-hybridized carbons (Fsp3) is 0.200. The second-order valence-electron chi connectivity index (χ2n) is 1.92. The minimum absolute atomic E-state index is 0.165. The van der Waals surface area contributed by atoms with Crippen LogP contribution in [0.4, 0.5) is 5.82 Å². The van der Waals surface area contributed by atoms with Gasteiger partial charge in [-0.15, -0.1) is 11.6 Å². The first-order valence-electron chi connectivity index (χ1n) is 2.96. The number of nitrogens with zero attached hydrogens (tertiary/aromatic N) is 2.